The molecule has 3 aromatic carbocycles. The Morgan fingerprint density at radius 3 is 1.78 bits per heavy atom. The second-order valence-electron chi connectivity index (χ2n) is 5.73. The molecule has 1 N–H and O–H groups in total. The first-order valence-electron chi connectivity index (χ1n) is 8.15. The Hall–Kier alpha value is -3.41. The highest BCUT2D eigenvalue weighted by Gasteiger charge is 2.25. The Morgan fingerprint density at radius 1 is 0.815 bits per heavy atom. The number of carbonyl (C=O) groups is 1. The summed E-state index contributed by atoms with van der Waals surface area (Å²) in [7, 11) is 0. The van der Waals surface area contributed by atoms with Crippen molar-refractivity contribution in [3.05, 3.63) is 95.1 Å². The third kappa shape index (κ3) is 4.41. The summed E-state index contributed by atoms with van der Waals surface area (Å²) in [4.78, 5) is 11.2. The fourth-order valence-electron chi connectivity index (χ4n) is 2.46. The van der Waals surface area contributed by atoms with Gasteiger partial charge >= 0.3 is 5.97 Å². The van der Waals surface area contributed by atoms with Crippen LogP contribution in [0.15, 0.2) is 66.7 Å². The molecule has 0 fully saturated rings. The SMILES string of the molecule is O=C(O)c1cc(F)c(OCc2ccccc2)c(OCc2ccccc2)c1F. The summed E-state index contributed by atoms with van der Waals surface area (Å²) in [6.45, 7) is -0.0900. The Kier molecular flexibility index (Phi) is 5.66. The van der Waals surface area contributed by atoms with Crippen molar-refractivity contribution in [3.63, 3.8) is 0 Å². The fraction of sp³-hybridized carbons (Fsp3) is 0.0952. The van der Waals surface area contributed by atoms with Gasteiger partial charge in [0.25, 0.3) is 0 Å². The fourth-order valence-corrected chi connectivity index (χ4v) is 2.46. The molecule has 27 heavy (non-hydrogen) atoms. The van der Waals surface area contributed by atoms with Crippen molar-refractivity contribution in [1.29, 1.82) is 0 Å². The van der Waals surface area contributed by atoms with E-state index in [1.165, 1.54) is 0 Å². The van der Waals surface area contributed by atoms with E-state index in [2.05, 4.69) is 0 Å². The first-order chi connectivity index (χ1) is 13.1. The van der Waals surface area contributed by atoms with Crippen LogP contribution in [0.25, 0.3) is 0 Å². The molecular weight excluding hydrogens is 354 g/mol. The van der Waals surface area contributed by atoms with Crippen LogP contribution in [-0.2, 0) is 13.2 Å². The van der Waals surface area contributed by atoms with Crippen molar-refractivity contribution in [1.82, 2.24) is 0 Å². The second kappa shape index (κ2) is 8.31. The lowest BCUT2D eigenvalue weighted by Crippen LogP contribution is -2.09. The number of hydrogen-bond donors (Lipinski definition) is 1. The normalized spacial score (nSPS) is 10.4. The molecule has 138 valence electrons. The zero-order valence-corrected chi connectivity index (χ0v) is 14.2. The first kappa shape index (κ1) is 18.4. The highest BCUT2D eigenvalue weighted by atomic mass is 19.1. The monoisotopic (exact) mass is 370 g/mol. The van der Waals surface area contributed by atoms with Crippen LogP contribution in [0.3, 0.4) is 0 Å². The van der Waals surface area contributed by atoms with E-state index in [-0.39, 0.29) is 13.2 Å². The Bertz CT molecular complexity index is 928. The molecule has 6 heteroatoms. The molecule has 0 spiro atoms. The van der Waals surface area contributed by atoms with E-state index < -0.39 is 34.7 Å². The van der Waals surface area contributed by atoms with Gasteiger partial charge in [0.15, 0.2) is 11.6 Å². The molecule has 0 amide bonds. The molecular formula is C21H16F2O4. The van der Waals surface area contributed by atoms with Crippen molar-refractivity contribution in [2.24, 2.45) is 0 Å². The number of carboxylic acids is 1. The van der Waals surface area contributed by atoms with Gasteiger partial charge in [0, 0.05) is 0 Å². The van der Waals surface area contributed by atoms with Gasteiger partial charge < -0.3 is 14.6 Å². The molecule has 3 rings (SSSR count). The van der Waals surface area contributed by atoms with Gasteiger partial charge in [-0.05, 0) is 17.2 Å². The molecule has 0 saturated carbocycles. The van der Waals surface area contributed by atoms with Crippen molar-refractivity contribution >= 4 is 5.97 Å². The number of rotatable bonds is 7. The number of aromatic carboxylic acids is 1. The van der Waals surface area contributed by atoms with Crippen LogP contribution in [-0.4, -0.2) is 11.1 Å². The van der Waals surface area contributed by atoms with E-state index in [4.69, 9.17) is 14.6 Å². The maximum absolute atomic E-state index is 14.6. The van der Waals surface area contributed by atoms with Crippen LogP contribution in [0.5, 0.6) is 11.5 Å². The molecule has 0 saturated heterocycles. The average molecular weight is 370 g/mol. The first-order valence-corrected chi connectivity index (χ1v) is 8.15. The van der Waals surface area contributed by atoms with E-state index in [1.807, 2.05) is 12.1 Å². The van der Waals surface area contributed by atoms with Crippen LogP contribution in [0.2, 0.25) is 0 Å². The van der Waals surface area contributed by atoms with Crippen molar-refractivity contribution in [3.8, 4) is 11.5 Å². The molecule has 0 aliphatic heterocycles. The van der Waals surface area contributed by atoms with Crippen molar-refractivity contribution < 1.29 is 28.2 Å². The molecule has 0 heterocycles. The van der Waals surface area contributed by atoms with Gasteiger partial charge in [-0.1, -0.05) is 60.7 Å². The van der Waals surface area contributed by atoms with Gasteiger partial charge in [0.05, 0.1) is 0 Å². The lowest BCUT2D eigenvalue weighted by Gasteiger charge is -2.16. The zero-order chi connectivity index (χ0) is 19.2. The molecule has 0 unspecified atom stereocenters. The number of halogens is 2. The van der Waals surface area contributed by atoms with Gasteiger partial charge in [0.2, 0.25) is 11.5 Å². The molecule has 0 aromatic heterocycles. The highest BCUT2D eigenvalue weighted by Crippen LogP contribution is 2.36. The minimum atomic E-state index is -1.59. The Morgan fingerprint density at radius 2 is 1.30 bits per heavy atom. The number of carboxylic acid groups (broad SMARTS) is 1. The van der Waals surface area contributed by atoms with Gasteiger partial charge in [-0.15, -0.1) is 0 Å². The molecule has 3 aromatic rings. The summed E-state index contributed by atoms with van der Waals surface area (Å²) in [5, 5.41) is 9.10. The number of ether oxygens (including phenoxy) is 2. The Balaban J connectivity index is 1.92. The highest BCUT2D eigenvalue weighted by molar-refractivity contribution is 5.89. The number of hydrogen-bond acceptors (Lipinski definition) is 3. The van der Waals surface area contributed by atoms with Crippen molar-refractivity contribution in [2.75, 3.05) is 0 Å². The summed E-state index contributed by atoms with van der Waals surface area (Å²) in [6.07, 6.45) is 0. The summed E-state index contributed by atoms with van der Waals surface area (Å²) in [5.74, 6) is -4.80. The van der Waals surface area contributed by atoms with E-state index in [9.17, 15) is 13.6 Å². The van der Waals surface area contributed by atoms with Gasteiger partial charge in [0.1, 0.15) is 18.8 Å². The topological polar surface area (TPSA) is 55.8 Å². The van der Waals surface area contributed by atoms with Crippen LogP contribution in [0.1, 0.15) is 21.5 Å². The predicted molar refractivity (Wildman–Crippen MR) is 94.9 cm³/mol. The van der Waals surface area contributed by atoms with Crippen LogP contribution < -0.4 is 9.47 Å². The summed E-state index contributed by atoms with van der Waals surface area (Å²) in [6, 6.07) is 18.4. The summed E-state index contributed by atoms with van der Waals surface area (Å²) < 4.78 is 39.9. The maximum Gasteiger partial charge on any atom is 0.338 e. The van der Waals surface area contributed by atoms with Gasteiger partial charge in [-0.2, -0.15) is 0 Å². The minimum Gasteiger partial charge on any atom is -0.482 e. The van der Waals surface area contributed by atoms with Crippen molar-refractivity contribution in [2.45, 2.75) is 13.2 Å². The lowest BCUT2D eigenvalue weighted by atomic mass is 10.1. The Labute approximate surface area is 154 Å². The molecule has 0 bridgehead atoms. The van der Waals surface area contributed by atoms with E-state index >= 15 is 0 Å². The smallest absolute Gasteiger partial charge is 0.338 e. The van der Waals surface area contributed by atoms with Gasteiger partial charge in [-0.3, -0.25) is 0 Å². The van der Waals surface area contributed by atoms with Crippen LogP contribution >= 0.6 is 0 Å². The lowest BCUT2D eigenvalue weighted by molar-refractivity contribution is 0.0689. The van der Waals surface area contributed by atoms with Gasteiger partial charge in [-0.25, -0.2) is 13.6 Å². The van der Waals surface area contributed by atoms with E-state index in [0.29, 0.717) is 11.6 Å². The predicted octanol–water partition coefficient (Wildman–Crippen LogP) is 4.82. The molecule has 0 aliphatic carbocycles. The second-order valence-corrected chi connectivity index (χ2v) is 5.73. The standard InChI is InChI=1S/C21H16F2O4/c22-17-11-16(21(24)25)18(23)20(27-13-15-9-5-2-6-10-15)19(17)26-12-14-7-3-1-4-8-14/h1-11H,12-13H2,(H,24,25). The van der Waals surface area contributed by atoms with Crippen LogP contribution in [0, 0.1) is 11.6 Å². The van der Waals surface area contributed by atoms with E-state index in [0.717, 1.165) is 5.56 Å². The quantitative estimate of drug-likeness (QED) is 0.648. The summed E-state index contributed by atoms with van der Waals surface area (Å²) >= 11 is 0. The molecule has 0 aliphatic rings. The van der Waals surface area contributed by atoms with E-state index in [1.54, 1.807) is 48.5 Å². The summed E-state index contributed by atoms with van der Waals surface area (Å²) in [5.41, 5.74) is 0.642. The maximum atomic E-state index is 14.6. The largest absolute Gasteiger partial charge is 0.482 e. The minimum absolute atomic E-state index is 0.0225. The molecule has 4 nitrogen and oxygen atoms in total. The van der Waals surface area contributed by atoms with Crippen LogP contribution in [0.4, 0.5) is 8.78 Å². The molecule has 0 atom stereocenters. The zero-order valence-electron chi connectivity index (χ0n) is 14.2. The number of benzene rings is 3. The third-order valence-electron chi connectivity index (χ3n) is 3.81. The average Bonchev–Trinajstić information content (AvgIpc) is 2.68. The third-order valence-corrected chi connectivity index (χ3v) is 3.81. The molecule has 0 radical (unpaired) electrons.